The van der Waals surface area contributed by atoms with E-state index in [1.54, 1.807) is 18.2 Å². The van der Waals surface area contributed by atoms with Crippen LogP contribution >= 0.6 is 23.4 Å². The zero-order valence-electron chi connectivity index (χ0n) is 17.8. The number of halogens is 4. The molecule has 0 bridgehead atoms. The number of benzene rings is 3. The van der Waals surface area contributed by atoms with E-state index in [2.05, 4.69) is 9.97 Å². The summed E-state index contributed by atoms with van der Waals surface area (Å²) >= 11 is 7.19. The largest absolute Gasteiger partial charge is 0.416 e. The monoisotopic (exact) mass is 513 g/mol. The minimum Gasteiger partial charge on any atom is -0.274 e. The zero-order chi connectivity index (χ0) is 24.7. The predicted octanol–water partition coefficient (Wildman–Crippen LogP) is 6.39. The molecule has 1 atom stereocenters. The lowest BCUT2D eigenvalue weighted by atomic mass is 10.1. The Kier molecular flexibility index (Phi) is 5.98. The molecule has 2 heterocycles. The van der Waals surface area contributed by atoms with Gasteiger partial charge in [-0.3, -0.25) is 9.59 Å². The maximum absolute atomic E-state index is 13.1. The third kappa shape index (κ3) is 4.61. The molecule has 0 saturated carbocycles. The Labute approximate surface area is 206 Å². The van der Waals surface area contributed by atoms with Gasteiger partial charge in [-0.2, -0.15) is 13.2 Å². The third-order valence-corrected chi connectivity index (χ3v) is 6.75. The highest BCUT2D eigenvalue weighted by molar-refractivity contribution is 8.00. The van der Waals surface area contributed by atoms with Crippen molar-refractivity contribution in [3.8, 4) is 11.3 Å². The van der Waals surface area contributed by atoms with Crippen LogP contribution < -0.4 is 4.90 Å². The Balaban J connectivity index is 1.49. The van der Waals surface area contributed by atoms with Gasteiger partial charge in [0.05, 0.1) is 22.5 Å². The molecule has 176 valence electrons. The summed E-state index contributed by atoms with van der Waals surface area (Å²) in [6, 6.07) is 18.7. The van der Waals surface area contributed by atoms with Crippen molar-refractivity contribution < 1.29 is 22.8 Å². The van der Waals surface area contributed by atoms with Crippen LogP contribution in [0.15, 0.2) is 78.0 Å². The number of anilines is 1. The third-order valence-electron chi connectivity index (χ3n) is 5.47. The van der Waals surface area contributed by atoms with Gasteiger partial charge in [-0.1, -0.05) is 59.8 Å². The molecule has 1 fully saturated rings. The normalized spacial score (nSPS) is 16.3. The predicted molar refractivity (Wildman–Crippen MR) is 128 cm³/mol. The van der Waals surface area contributed by atoms with Gasteiger partial charge in [-0.15, -0.1) is 0 Å². The van der Waals surface area contributed by atoms with Gasteiger partial charge >= 0.3 is 6.18 Å². The highest BCUT2D eigenvalue weighted by Crippen LogP contribution is 2.37. The summed E-state index contributed by atoms with van der Waals surface area (Å²) in [5.41, 5.74) is 1.00. The number of aromatic nitrogens is 2. The molecule has 1 aliphatic heterocycles. The number of alkyl halides is 3. The van der Waals surface area contributed by atoms with Crippen molar-refractivity contribution in [2.24, 2.45) is 0 Å². The van der Waals surface area contributed by atoms with Crippen molar-refractivity contribution in [1.82, 2.24) is 9.97 Å². The molecular formula is C25H15ClF3N3O2S. The van der Waals surface area contributed by atoms with Gasteiger partial charge in [0.1, 0.15) is 5.25 Å². The van der Waals surface area contributed by atoms with Crippen molar-refractivity contribution in [3.63, 3.8) is 0 Å². The van der Waals surface area contributed by atoms with Gasteiger partial charge < -0.3 is 0 Å². The lowest BCUT2D eigenvalue weighted by Crippen LogP contribution is -2.31. The number of fused-ring (bicyclic) bond motifs is 1. The maximum atomic E-state index is 13.1. The van der Waals surface area contributed by atoms with Crippen molar-refractivity contribution >= 4 is 51.8 Å². The first-order chi connectivity index (χ1) is 16.7. The second-order valence-corrected chi connectivity index (χ2v) is 9.41. The van der Waals surface area contributed by atoms with Crippen LogP contribution in [0.25, 0.3) is 22.2 Å². The zero-order valence-corrected chi connectivity index (χ0v) is 19.4. The number of thioether (sulfide) groups is 1. The SMILES string of the molecule is O=C1CC(Sc2nc(-c3ccccc3)c3cc(Cl)ccc3n2)C(=O)N1c1cccc(C(F)(F)F)c1. The van der Waals surface area contributed by atoms with E-state index in [-0.39, 0.29) is 17.3 Å². The molecule has 0 spiro atoms. The number of hydrogen-bond donors (Lipinski definition) is 0. The summed E-state index contributed by atoms with van der Waals surface area (Å²) in [6.07, 6.45) is -4.77. The van der Waals surface area contributed by atoms with Gasteiger partial charge in [-0.05, 0) is 36.4 Å². The van der Waals surface area contributed by atoms with E-state index in [1.165, 1.54) is 12.1 Å². The second-order valence-electron chi connectivity index (χ2n) is 7.81. The van der Waals surface area contributed by atoms with Gasteiger partial charge in [0.15, 0.2) is 5.16 Å². The topological polar surface area (TPSA) is 63.2 Å². The quantitative estimate of drug-likeness (QED) is 0.233. The molecule has 0 aliphatic carbocycles. The first-order valence-corrected chi connectivity index (χ1v) is 11.7. The highest BCUT2D eigenvalue weighted by Gasteiger charge is 2.41. The van der Waals surface area contributed by atoms with E-state index >= 15 is 0 Å². The summed E-state index contributed by atoms with van der Waals surface area (Å²) < 4.78 is 39.4. The molecule has 2 amide bonds. The first kappa shape index (κ1) is 23.3. The van der Waals surface area contributed by atoms with Crippen LogP contribution in [0.2, 0.25) is 5.02 Å². The number of nitrogens with zero attached hydrogens (tertiary/aromatic N) is 3. The number of amides is 2. The fourth-order valence-electron chi connectivity index (χ4n) is 3.86. The summed E-state index contributed by atoms with van der Waals surface area (Å²) in [7, 11) is 0. The lowest BCUT2D eigenvalue weighted by molar-refractivity contribution is -0.137. The molecule has 10 heteroatoms. The number of carbonyl (C=O) groups is 2. The number of imide groups is 1. The van der Waals surface area contributed by atoms with Crippen LogP contribution in [0.4, 0.5) is 18.9 Å². The van der Waals surface area contributed by atoms with Crippen molar-refractivity contribution in [2.75, 3.05) is 4.90 Å². The van der Waals surface area contributed by atoms with Crippen LogP contribution in [0.5, 0.6) is 0 Å². The Bertz CT molecular complexity index is 1460. The molecule has 1 saturated heterocycles. The standard InChI is InChI=1S/C25H15ClF3N3O2S/c26-16-9-10-19-18(12-16)22(14-5-2-1-3-6-14)31-24(30-19)35-20-13-21(33)32(23(20)34)17-8-4-7-15(11-17)25(27,28)29/h1-12,20H,13H2. The van der Waals surface area contributed by atoms with Gasteiger partial charge in [0.25, 0.3) is 0 Å². The molecule has 5 nitrogen and oxygen atoms in total. The molecule has 5 rings (SSSR count). The molecule has 0 N–H and O–H groups in total. The highest BCUT2D eigenvalue weighted by atomic mass is 35.5. The minimum absolute atomic E-state index is 0.114. The number of rotatable bonds is 4. The summed E-state index contributed by atoms with van der Waals surface area (Å²) in [6.45, 7) is 0. The molecule has 0 radical (unpaired) electrons. The van der Waals surface area contributed by atoms with Gasteiger partial charge in [0.2, 0.25) is 11.8 Å². The van der Waals surface area contributed by atoms with Crippen LogP contribution in [0.1, 0.15) is 12.0 Å². The lowest BCUT2D eigenvalue weighted by Gasteiger charge is -2.17. The Morgan fingerprint density at radius 1 is 0.943 bits per heavy atom. The second kappa shape index (κ2) is 8.98. The van der Waals surface area contributed by atoms with Crippen LogP contribution in [-0.4, -0.2) is 27.0 Å². The van der Waals surface area contributed by atoms with E-state index in [1.807, 2.05) is 30.3 Å². The van der Waals surface area contributed by atoms with E-state index in [0.29, 0.717) is 16.2 Å². The Hall–Kier alpha value is -3.43. The fourth-order valence-corrected chi connectivity index (χ4v) is 5.02. The van der Waals surface area contributed by atoms with E-state index < -0.39 is 28.8 Å². The average Bonchev–Trinajstić information content (AvgIpc) is 3.11. The van der Waals surface area contributed by atoms with E-state index in [4.69, 9.17) is 11.6 Å². The van der Waals surface area contributed by atoms with Crippen molar-refractivity contribution in [1.29, 1.82) is 0 Å². The van der Waals surface area contributed by atoms with Crippen LogP contribution in [-0.2, 0) is 15.8 Å². The van der Waals surface area contributed by atoms with Gasteiger partial charge in [0, 0.05) is 22.4 Å². The molecule has 4 aromatic rings. The van der Waals surface area contributed by atoms with Gasteiger partial charge in [-0.25, -0.2) is 14.9 Å². The Morgan fingerprint density at radius 3 is 2.46 bits per heavy atom. The van der Waals surface area contributed by atoms with Crippen LogP contribution in [0.3, 0.4) is 0 Å². The molecular weight excluding hydrogens is 499 g/mol. The summed E-state index contributed by atoms with van der Waals surface area (Å²) in [5, 5.41) is 0.653. The molecule has 1 unspecified atom stereocenters. The average molecular weight is 514 g/mol. The van der Waals surface area contributed by atoms with E-state index in [9.17, 15) is 22.8 Å². The molecule has 3 aromatic carbocycles. The minimum atomic E-state index is -4.59. The first-order valence-electron chi connectivity index (χ1n) is 10.4. The smallest absolute Gasteiger partial charge is 0.274 e. The fraction of sp³-hybridized carbons (Fsp3) is 0.120. The van der Waals surface area contributed by atoms with E-state index in [0.717, 1.165) is 39.7 Å². The van der Waals surface area contributed by atoms with Crippen molar-refractivity contribution in [2.45, 2.75) is 23.0 Å². The summed E-state index contributed by atoms with van der Waals surface area (Å²) in [5.74, 6) is -1.19. The maximum Gasteiger partial charge on any atom is 0.416 e. The van der Waals surface area contributed by atoms with Crippen molar-refractivity contribution in [3.05, 3.63) is 83.4 Å². The number of carbonyl (C=O) groups excluding carboxylic acids is 2. The molecule has 1 aromatic heterocycles. The number of hydrogen-bond acceptors (Lipinski definition) is 5. The van der Waals surface area contributed by atoms with Crippen LogP contribution in [0, 0.1) is 0 Å². The Morgan fingerprint density at radius 2 is 1.71 bits per heavy atom. The molecule has 1 aliphatic rings. The summed E-state index contributed by atoms with van der Waals surface area (Å²) in [4.78, 5) is 35.7. The molecule has 35 heavy (non-hydrogen) atoms.